The number of benzene rings is 2. The van der Waals surface area contributed by atoms with Gasteiger partial charge in [0.1, 0.15) is 5.82 Å². The van der Waals surface area contributed by atoms with E-state index < -0.39 is 10.0 Å². The van der Waals surface area contributed by atoms with Crippen LogP contribution in [0.4, 0.5) is 15.8 Å². The Bertz CT molecular complexity index is 829. The average Bonchev–Trinajstić information content (AvgIpc) is 2.58. The van der Waals surface area contributed by atoms with Crippen molar-refractivity contribution in [1.29, 1.82) is 0 Å². The van der Waals surface area contributed by atoms with Gasteiger partial charge >= 0.3 is 0 Å². The third-order valence-corrected chi connectivity index (χ3v) is 6.20. The van der Waals surface area contributed by atoms with Gasteiger partial charge in [0.05, 0.1) is 4.90 Å². The summed E-state index contributed by atoms with van der Waals surface area (Å²) in [6.45, 7) is 3.71. The fourth-order valence-electron chi connectivity index (χ4n) is 2.80. The quantitative estimate of drug-likeness (QED) is 0.863. The molecule has 0 atom stereocenters. The molecule has 1 heterocycles. The van der Waals surface area contributed by atoms with Crippen molar-refractivity contribution in [1.82, 2.24) is 4.31 Å². The second-order valence-corrected chi connectivity index (χ2v) is 7.82. The Morgan fingerprint density at radius 1 is 1.00 bits per heavy atom. The molecule has 0 bridgehead atoms. The maximum absolute atomic E-state index is 13.0. The average molecular weight is 349 g/mol. The Balaban J connectivity index is 1.73. The molecule has 0 radical (unpaired) electrons. The van der Waals surface area contributed by atoms with E-state index in [9.17, 15) is 12.8 Å². The molecule has 7 heteroatoms. The highest BCUT2D eigenvalue weighted by molar-refractivity contribution is 7.89. The molecule has 0 spiro atoms. The Morgan fingerprint density at radius 2 is 1.62 bits per heavy atom. The monoisotopic (exact) mass is 349 g/mol. The van der Waals surface area contributed by atoms with Crippen LogP contribution < -0.4 is 10.6 Å². The van der Waals surface area contributed by atoms with Crippen LogP contribution in [-0.4, -0.2) is 38.9 Å². The number of halogens is 1. The van der Waals surface area contributed by atoms with Gasteiger partial charge in [0.2, 0.25) is 10.0 Å². The number of hydrogen-bond acceptors (Lipinski definition) is 4. The second kappa shape index (κ2) is 6.41. The molecule has 1 aliphatic heterocycles. The number of sulfonamides is 1. The van der Waals surface area contributed by atoms with Gasteiger partial charge in [-0.05, 0) is 55.0 Å². The number of hydrogen-bond donors (Lipinski definition) is 1. The molecule has 5 nitrogen and oxygen atoms in total. The highest BCUT2D eigenvalue weighted by atomic mass is 32.2. The van der Waals surface area contributed by atoms with E-state index in [0.29, 0.717) is 31.9 Å². The van der Waals surface area contributed by atoms with Crippen LogP contribution in [0.25, 0.3) is 0 Å². The van der Waals surface area contributed by atoms with Crippen LogP contribution in [0.2, 0.25) is 0 Å². The van der Waals surface area contributed by atoms with Gasteiger partial charge in [-0.15, -0.1) is 0 Å². The third-order valence-electron chi connectivity index (χ3n) is 4.31. The summed E-state index contributed by atoms with van der Waals surface area (Å²) in [6, 6.07) is 11.0. The van der Waals surface area contributed by atoms with Gasteiger partial charge in [-0.1, -0.05) is 0 Å². The first-order valence-corrected chi connectivity index (χ1v) is 9.19. The van der Waals surface area contributed by atoms with Gasteiger partial charge in [0, 0.05) is 37.6 Å². The Labute approximate surface area is 141 Å². The minimum atomic E-state index is -3.52. The van der Waals surface area contributed by atoms with Crippen LogP contribution in [0.15, 0.2) is 47.4 Å². The van der Waals surface area contributed by atoms with Gasteiger partial charge in [-0.3, -0.25) is 0 Å². The number of piperazine rings is 1. The lowest BCUT2D eigenvalue weighted by Crippen LogP contribution is -2.48. The summed E-state index contributed by atoms with van der Waals surface area (Å²) < 4.78 is 40.0. The minimum absolute atomic E-state index is 0.268. The lowest BCUT2D eigenvalue weighted by Gasteiger charge is -2.35. The molecule has 0 saturated carbocycles. The van der Waals surface area contributed by atoms with Crippen molar-refractivity contribution in [2.24, 2.45) is 0 Å². The minimum Gasteiger partial charge on any atom is -0.399 e. The van der Waals surface area contributed by atoms with Crippen molar-refractivity contribution >= 4 is 21.4 Å². The lowest BCUT2D eigenvalue weighted by atomic mass is 10.2. The lowest BCUT2D eigenvalue weighted by molar-refractivity contribution is 0.385. The second-order valence-electron chi connectivity index (χ2n) is 5.89. The Morgan fingerprint density at radius 3 is 2.21 bits per heavy atom. The number of aryl methyl sites for hydroxylation is 1. The number of rotatable bonds is 3. The molecule has 0 unspecified atom stereocenters. The molecule has 1 aliphatic rings. The first-order chi connectivity index (χ1) is 11.4. The van der Waals surface area contributed by atoms with Gasteiger partial charge in [-0.2, -0.15) is 4.31 Å². The molecule has 2 aromatic carbocycles. The zero-order valence-corrected chi connectivity index (χ0v) is 14.3. The van der Waals surface area contributed by atoms with Crippen LogP contribution in [0.5, 0.6) is 0 Å². The molecule has 2 N–H and O–H groups in total. The predicted octanol–water partition coefficient (Wildman–Crippen LogP) is 2.23. The molecule has 1 saturated heterocycles. The van der Waals surface area contributed by atoms with Crippen LogP contribution in [-0.2, 0) is 10.0 Å². The summed E-state index contributed by atoms with van der Waals surface area (Å²) in [4.78, 5) is 2.32. The van der Waals surface area contributed by atoms with E-state index in [2.05, 4.69) is 4.90 Å². The molecule has 0 aromatic heterocycles. The van der Waals surface area contributed by atoms with Crippen molar-refractivity contribution in [3.63, 3.8) is 0 Å². The Hall–Kier alpha value is -2.12. The third kappa shape index (κ3) is 3.22. The first kappa shape index (κ1) is 16.7. The van der Waals surface area contributed by atoms with Crippen molar-refractivity contribution in [2.75, 3.05) is 36.8 Å². The largest absolute Gasteiger partial charge is 0.399 e. The van der Waals surface area contributed by atoms with Crippen LogP contribution in [0.1, 0.15) is 5.56 Å². The number of nitrogens with zero attached hydrogens (tertiary/aromatic N) is 2. The molecular weight excluding hydrogens is 329 g/mol. The zero-order valence-electron chi connectivity index (χ0n) is 13.4. The summed E-state index contributed by atoms with van der Waals surface area (Å²) >= 11 is 0. The van der Waals surface area contributed by atoms with Crippen LogP contribution >= 0.6 is 0 Å². The van der Waals surface area contributed by atoms with Crippen molar-refractivity contribution in [3.8, 4) is 0 Å². The zero-order chi connectivity index (χ0) is 17.3. The predicted molar refractivity (Wildman–Crippen MR) is 93.0 cm³/mol. The smallest absolute Gasteiger partial charge is 0.243 e. The van der Waals surface area contributed by atoms with Crippen molar-refractivity contribution in [3.05, 3.63) is 53.8 Å². The molecule has 24 heavy (non-hydrogen) atoms. The molecule has 0 aliphatic carbocycles. The summed E-state index contributed by atoms with van der Waals surface area (Å²) in [5.74, 6) is -0.279. The fourth-order valence-corrected chi connectivity index (χ4v) is 4.30. The maximum Gasteiger partial charge on any atom is 0.243 e. The Kier molecular flexibility index (Phi) is 4.47. The van der Waals surface area contributed by atoms with Crippen molar-refractivity contribution in [2.45, 2.75) is 11.8 Å². The maximum atomic E-state index is 13.0. The number of anilines is 2. The molecular formula is C17H20FN3O2S. The van der Waals surface area contributed by atoms with Gasteiger partial charge in [0.15, 0.2) is 0 Å². The van der Waals surface area contributed by atoms with Crippen LogP contribution in [0, 0.1) is 12.7 Å². The standard InChI is InChI=1S/C17H20FN3O2S/c1-13-12-16(6-7-17(13)19)24(22,23)21-10-8-20(9-11-21)15-4-2-14(18)3-5-15/h2-7,12H,8-11,19H2,1H3. The molecule has 128 valence electrons. The SMILES string of the molecule is Cc1cc(S(=O)(=O)N2CCN(c3ccc(F)cc3)CC2)ccc1N. The molecule has 3 rings (SSSR count). The summed E-state index contributed by atoms with van der Waals surface area (Å²) in [5, 5.41) is 0. The van der Waals surface area contributed by atoms with E-state index in [1.54, 1.807) is 37.3 Å². The highest BCUT2D eigenvalue weighted by Gasteiger charge is 2.28. The van der Waals surface area contributed by atoms with E-state index in [4.69, 9.17) is 5.73 Å². The number of nitrogens with two attached hydrogens (primary N) is 1. The van der Waals surface area contributed by atoms with E-state index in [1.807, 2.05) is 0 Å². The highest BCUT2D eigenvalue weighted by Crippen LogP contribution is 2.23. The van der Waals surface area contributed by atoms with Gasteiger partial charge < -0.3 is 10.6 Å². The van der Waals surface area contributed by atoms with Gasteiger partial charge in [0.25, 0.3) is 0 Å². The van der Waals surface area contributed by atoms with Crippen molar-refractivity contribution < 1.29 is 12.8 Å². The topological polar surface area (TPSA) is 66.6 Å². The first-order valence-electron chi connectivity index (χ1n) is 7.75. The fraction of sp³-hybridized carbons (Fsp3) is 0.294. The normalized spacial score (nSPS) is 16.3. The van der Waals surface area contributed by atoms with E-state index in [0.717, 1.165) is 11.3 Å². The summed E-state index contributed by atoms with van der Waals surface area (Å²) in [6.07, 6.45) is 0. The van der Waals surface area contributed by atoms with E-state index >= 15 is 0 Å². The number of nitrogen functional groups attached to an aromatic ring is 1. The van der Waals surface area contributed by atoms with Crippen LogP contribution in [0.3, 0.4) is 0 Å². The van der Waals surface area contributed by atoms with E-state index in [-0.39, 0.29) is 10.7 Å². The molecule has 0 amide bonds. The van der Waals surface area contributed by atoms with E-state index in [1.165, 1.54) is 16.4 Å². The summed E-state index contributed by atoms with van der Waals surface area (Å²) in [5.41, 5.74) is 7.99. The van der Waals surface area contributed by atoms with Gasteiger partial charge in [-0.25, -0.2) is 12.8 Å². The summed E-state index contributed by atoms with van der Waals surface area (Å²) in [7, 11) is -3.52. The molecule has 1 fully saturated rings. The molecule has 2 aromatic rings.